The third-order valence-electron chi connectivity index (χ3n) is 6.65. The molecule has 0 aliphatic heterocycles. The molecule has 3 aromatic carbocycles. The molecule has 1 aromatic heterocycles. The van der Waals surface area contributed by atoms with Gasteiger partial charge in [0.2, 0.25) is 11.5 Å². The van der Waals surface area contributed by atoms with Crippen LogP contribution in [0, 0.1) is 0 Å². The molecule has 1 aliphatic carbocycles. The van der Waals surface area contributed by atoms with E-state index in [0.29, 0.717) is 0 Å². The van der Waals surface area contributed by atoms with E-state index in [1.165, 1.54) is 6.92 Å². The van der Waals surface area contributed by atoms with Crippen molar-refractivity contribution in [1.29, 1.82) is 0 Å². The molecule has 0 saturated heterocycles. The molecule has 3 N–H and O–H groups in total. The van der Waals surface area contributed by atoms with Gasteiger partial charge in [0.1, 0.15) is 6.61 Å². The van der Waals surface area contributed by atoms with Gasteiger partial charge in [-0.15, -0.1) is 0 Å². The fraction of sp³-hybridized carbons (Fsp3) is 0.207. The Morgan fingerprint density at radius 1 is 0.925 bits per heavy atom. The van der Waals surface area contributed by atoms with E-state index in [2.05, 4.69) is 25.6 Å². The van der Waals surface area contributed by atoms with Gasteiger partial charge in [0.25, 0.3) is 5.91 Å². The fourth-order valence-corrected chi connectivity index (χ4v) is 4.64. The van der Waals surface area contributed by atoms with E-state index in [1.807, 2.05) is 78.9 Å². The van der Waals surface area contributed by atoms with Gasteiger partial charge < -0.3 is 19.9 Å². The second-order valence-corrected chi connectivity index (χ2v) is 9.20. The monoisotopic (exact) mass is 542 g/mol. The van der Waals surface area contributed by atoms with Crippen LogP contribution in [0.3, 0.4) is 0 Å². The number of aromatic nitrogens is 2. The summed E-state index contributed by atoms with van der Waals surface area (Å²) in [6.07, 6.45) is -1.76. The molecule has 5 rings (SSSR count). The number of carboxylic acids is 1. The maximum absolute atomic E-state index is 12.9. The summed E-state index contributed by atoms with van der Waals surface area (Å²) >= 11 is 0. The molecule has 40 heavy (non-hydrogen) atoms. The zero-order chi connectivity index (χ0) is 28.1. The number of ether oxygens (including phenoxy) is 2. The number of carbonyl (C=O) groups excluding carboxylic acids is 2. The molecule has 1 aliphatic rings. The van der Waals surface area contributed by atoms with Crippen LogP contribution in [0.2, 0.25) is 0 Å². The van der Waals surface area contributed by atoms with Crippen LogP contribution in [0.1, 0.15) is 40.0 Å². The van der Waals surface area contributed by atoms with Gasteiger partial charge in [-0.3, -0.25) is 10.1 Å². The summed E-state index contributed by atoms with van der Waals surface area (Å²) < 4.78 is 15.8. The highest BCUT2D eigenvalue weighted by Crippen LogP contribution is 2.44. The smallest absolute Gasteiger partial charge is 0.412 e. The Kier molecular flexibility index (Phi) is 7.83. The van der Waals surface area contributed by atoms with Crippen LogP contribution in [-0.2, 0) is 20.9 Å². The summed E-state index contributed by atoms with van der Waals surface area (Å²) in [4.78, 5) is 37.4. The highest BCUT2D eigenvalue weighted by Gasteiger charge is 2.32. The fourth-order valence-electron chi connectivity index (χ4n) is 4.64. The van der Waals surface area contributed by atoms with E-state index in [4.69, 9.17) is 9.47 Å². The van der Waals surface area contributed by atoms with Crippen molar-refractivity contribution in [1.82, 2.24) is 15.6 Å². The predicted octanol–water partition coefficient (Wildman–Crippen LogP) is 4.22. The van der Waals surface area contributed by atoms with E-state index in [0.717, 1.165) is 27.8 Å². The van der Waals surface area contributed by atoms with E-state index < -0.39 is 35.8 Å². The minimum Gasteiger partial charge on any atom is -0.480 e. The van der Waals surface area contributed by atoms with E-state index in [-0.39, 0.29) is 24.9 Å². The molecule has 2 amide bonds. The Hall–Kier alpha value is -5.03. The lowest BCUT2D eigenvalue weighted by molar-refractivity contribution is -0.143. The lowest BCUT2D eigenvalue weighted by Crippen LogP contribution is -2.48. The average Bonchev–Trinajstić information content (AvgIpc) is 3.56. The Balaban J connectivity index is 1.20. The second-order valence-electron chi connectivity index (χ2n) is 9.20. The van der Waals surface area contributed by atoms with Gasteiger partial charge in [0.05, 0.1) is 12.7 Å². The summed E-state index contributed by atoms with van der Waals surface area (Å²) in [6.45, 7) is 1.73. The van der Waals surface area contributed by atoms with Gasteiger partial charge in [-0.05, 0) is 45.1 Å². The van der Waals surface area contributed by atoms with Gasteiger partial charge in [-0.2, -0.15) is 0 Å². The number of aliphatic carboxylic acids is 1. The average molecular weight is 543 g/mol. The van der Waals surface area contributed by atoms with Crippen LogP contribution >= 0.6 is 0 Å². The topological polar surface area (TPSA) is 153 Å². The number of benzene rings is 3. The third-order valence-corrected chi connectivity index (χ3v) is 6.65. The van der Waals surface area contributed by atoms with Crippen LogP contribution < -0.4 is 10.6 Å². The predicted molar refractivity (Wildman–Crippen MR) is 143 cm³/mol. The van der Waals surface area contributed by atoms with Crippen molar-refractivity contribution in [2.45, 2.75) is 31.6 Å². The highest BCUT2D eigenvalue weighted by atomic mass is 16.6. The number of nitrogens with one attached hydrogen (secondary N) is 2. The maximum atomic E-state index is 12.9. The Morgan fingerprint density at radius 2 is 1.55 bits per heavy atom. The van der Waals surface area contributed by atoms with E-state index in [9.17, 15) is 19.5 Å². The van der Waals surface area contributed by atoms with Gasteiger partial charge in [0, 0.05) is 5.92 Å². The molecule has 11 nitrogen and oxygen atoms in total. The SMILES string of the molecule is C[C@@H](OCc1ccccc1)[C@H](NC(=O)c1nonc1NC(=O)OCC1c2ccccc2-c2ccccc21)C(=O)O. The molecule has 4 aromatic rings. The number of fused-ring (bicyclic) bond motifs is 3. The molecule has 204 valence electrons. The lowest BCUT2D eigenvalue weighted by atomic mass is 9.98. The van der Waals surface area contributed by atoms with Crippen LogP contribution in [0.15, 0.2) is 83.5 Å². The molecule has 0 fully saturated rings. The standard InChI is InChI=1S/C29H26N4O7/c1-17(38-15-18-9-3-2-4-10-18)24(28(35)36)30-27(34)25-26(33-40-32-25)31-29(37)39-16-23-21-13-7-5-11-19(21)20-12-6-8-14-22(20)23/h2-14,17,23-24H,15-16H2,1H3,(H,30,34)(H,35,36)(H,31,33,37)/t17-,24+/m1/s1. The van der Waals surface area contributed by atoms with Crippen molar-refractivity contribution in [3.8, 4) is 11.1 Å². The summed E-state index contributed by atoms with van der Waals surface area (Å²) in [5.74, 6) is -2.70. The maximum Gasteiger partial charge on any atom is 0.412 e. The number of hydrogen-bond acceptors (Lipinski definition) is 8. The Bertz CT molecular complexity index is 1480. The normalized spacial score (nSPS) is 13.5. The van der Waals surface area contributed by atoms with Gasteiger partial charge >= 0.3 is 12.1 Å². The third kappa shape index (κ3) is 5.69. The molecule has 0 unspecified atom stereocenters. The van der Waals surface area contributed by atoms with Crippen molar-refractivity contribution < 1.29 is 33.6 Å². The van der Waals surface area contributed by atoms with Crippen molar-refractivity contribution in [2.24, 2.45) is 0 Å². The first-order valence-corrected chi connectivity index (χ1v) is 12.6. The number of amides is 2. The minimum absolute atomic E-state index is 0.0457. The summed E-state index contributed by atoms with van der Waals surface area (Å²) in [6, 6.07) is 23.6. The van der Waals surface area contributed by atoms with Crippen LogP contribution in [0.4, 0.5) is 10.6 Å². The van der Waals surface area contributed by atoms with Crippen LogP contribution in [0.25, 0.3) is 11.1 Å². The molecule has 1 heterocycles. The summed E-state index contributed by atoms with van der Waals surface area (Å²) in [5, 5.41) is 21.5. The van der Waals surface area contributed by atoms with Gasteiger partial charge in [0.15, 0.2) is 6.04 Å². The molecule has 2 atom stereocenters. The van der Waals surface area contributed by atoms with Crippen molar-refractivity contribution in [3.63, 3.8) is 0 Å². The number of rotatable bonds is 10. The first kappa shape index (κ1) is 26.6. The molecule has 0 radical (unpaired) electrons. The zero-order valence-corrected chi connectivity index (χ0v) is 21.4. The minimum atomic E-state index is -1.41. The van der Waals surface area contributed by atoms with Crippen LogP contribution in [0.5, 0.6) is 0 Å². The quantitative estimate of drug-likeness (QED) is 0.267. The first-order valence-electron chi connectivity index (χ1n) is 12.6. The molecule has 0 spiro atoms. The molecular formula is C29H26N4O7. The van der Waals surface area contributed by atoms with Gasteiger partial charge in [-0.25, -0.2) is 14.2 Å². The Labute approximate surface area is 229 Å². The van der Waals surface area contributed by atoms with E-state index in [1.54, 1.807) is 0 Å². The van der Waals surface area contributed by atoms with Crippen molar-refractivity contribution in [3.05, 3.63) is 101 Å². The second kappa shape index (κ2) is 11.8. The highest BCUT2D eigenvalue weighted by molar-refractivity contribution is 6.01. The molecule has 11 heteroatoms. The summed E-state index contributed by atoms with van der Waals surface area (Å²) in [7, 11) is 0. The van der Waals surface area contributed by atoms with Crippen molar-refractivity contribution >= 4 is 23.8 Å². The largest absolute Gasteiger partial charge is 0.480 e. The van der Waals surface area contributed by atoms with E-state index >= 15 is 0 Å². The number of hydrogen-bond donors (Lipinski definition) is 3. The van der Waals surface area contributed by atoms with Crippen LogP contribution in [-0.4, -0.2) is 52.1 Å². The number of carboxylic acid groups (broad SMARTS) is 1. The number of anilines is 1. The van der Waals surface area contributed by atoms with Gasteiger partial charge in [-0.1, -0.05) is 78.9 Å². The number of nitrogens with zero attached hydrogens (tertiary/aromatic N) is 2. The molecule has 0 bridgehead atoms. The molecular weight excluding hydrogens is 516 g/mol. The Morgan fingerprint density at radius 3 is 2.20 bits per heavy atom. The molecule has 0 saturated carbocycles. The number of carbonyl (C=O) groups is 3. The van der Waals surface area contributed by atoms with Crippen molar-refractivity contribution in [2.75, 3.05) is 11.9 Å². The zero-order valence-electron chi connectivity index (χ0n) is 21.4. The summed E-state index contributed by atoms with van der Waals surface area (Å²) in [5.41, 5.74) is 4.70. The first-order chi connectivity index (χ1) is 19.4. The lowest BCUT2D eigenvalue weighted by Gasteiger charge is -2.21.